The van der Waals surface area contributed by atoms with Crippen LogP contribution in [-0.2, 0) is 4.74 Å². The maximum absolute atomic E-state index is 5.97. The predicted molar refractivity (Wildman–Crippen MR) is 102 cm³/mol. The zero-order valence-corrected chi connectivity index (χ0v) is 15.4. The van der Waals surface area contributed by atoms with Crippen molar-refractivity contribution in [3.63, 3.8) is 0 Å². The maximum Gasteiger partial charge on any atom is 0.220 e. The third-order valence-corrected chi connectivity index (χ3v) is 5.60. The Balaban J connectivity index is 1.56. The van der Waals surface area contributed by atoms with E-state index in [9.17, 15) is 0 Å². The van der Waals surface area contributed by atoms with Crippen LogP contribution in [0.3, 0.4) is 0 Å². The minimum Gasteiger partial charge on any atom is -0.488 e. The number of hydrogen-bond donors (Lipinski definition) is 1. The van der Waals surface area contributed by atoms with Gasteiger partial charge in [-0.1, -0.05) is 31.9 Å². The molecular weight excluding hydrogens is 326 g/mol. The maximum atomic E-state index is 5.97. The van der Waals surface area contributed by atoms with Crippen LogP contribution in [0.1, 0.15) is 50.6 Å². The van der Waals surface area contributed by atoms with Crippen LogP contribution in [0.5, 0.6) is 5.75 Å². The molecule has 4 rings (SSSR count). The molecule has 2 aliphatic rings. The predicted octanol–water partition coefficient (Wildman–Crippen LogP) is 4.19. The number of benzene rings is 1. The lowest BCUT2D eigenvalue weighted by Crippen LogP contribution is -2.15. The van der Waals surface area contributed by atoms with Crippen molar-refractivity contribution >= 4 is 5.95 Å². The second kappa shape index (κ2) is 7.62. The number of rotatable bonds is 4. The van der Waals surface area contributed by atoms with Crippen molar-refractivity contribution in [2.75, 3.05) is 18.9 Å². The second-order valence-corrected chi connectivity index (χ2v) is 7.61. The van der Waals surface area contributed by atoms with Crippen LogP contribution in [0, 0.1) is 5.92 Å². The summed E-state index contributed by atoms with van der Waals surface area (Å²) in [6.45, 7) is 3.80. The molecular formula is C21H27N3O2. The fraction of sp³-hybridized carbons (Fsp3) is 0.524. The van der Waals surface area contributed by atoms with Crippen molar-refractivity contribution in [3.05, 3.63) is 36.2 Å². The smallest absolute Gasteiger partial charge is 0.220 e. The highest BCUT2D eigenvalue weighted by atomic mass is 16.5. The number of nitrogens with two attached hydrogens (primary N) is 1. The minimum atomic E-state index is 0.167. The Morgan fingerprint density at radius 3 is 2.54 bits per heavy atom. The Morgan fingerprint density at radius 1 is 1.08 bits per heavy atom. The first-order valence-electron chi connectivity index (χ1n) is 9.66. The van der Waals surface area contributed by atoms with E-state index in [-0.39, 0.29) is 6.10 Å². The van der Waals surface area contributed by atoms with Crippen molar-refractivity contribution in [1.29, 1.82) is 0 Å². The molecule has 1 aromatic carbocycles. The summed E-state index contributed by atoms with van der Waals surface area (Å²) in [5.74, 6) is 2.53. The zero-order chi connectivity index (χ0) is 17.9. The average Bonchev–Trinajstić information content (AvgIpc) is 3.16. The molecule has 1 aliphatic carbocycles. The van der Waals surface area contributed by atoms with Gasteiger partial charge in [-0.3, -0.25) is 0 Å². The summed E-state index contributed by atoms with van der Waals surface area (Å²) < 4.78 is 11.3. The van der Waals surface area contributed by atoms with E-state index in [1.165, 1.54) is 25.7 Å². The van der Waals surface area contributed by atoms with E-state index in [0.29, 0.717) is 18.5 Å². The first-order chi connectivity index (χ1) is 12.7. The third-order valence-electron chi connectivity index (χ3n) is 5.60. The highest BCUT2D eigenvalue weighted by molar-refractivity contribution is 5.67. The van der Waals surface area contributed by atoms with Crippen molar-refractivity contribution in [3.8, 4) is 16.9 Å². The van der Waals surface area contributed by atoms with Crippen LogP contribution in [0.15, 0.2) is 30.5 Å². The van der Waals surface area contributed by atoms with E-state index in [0.717, 1.165) is 41.5 Å². The normalized spacial score (nSPS) is 26.0. The molecule has 0 amide bonds. The van der Waals surface area contributed by atoms with Gasteiger partial charge in [0.2, 0.25) is 5.95 Å². The van der Waals surface area contributed by atoms with Crippen LogP contribution < -0.4 is 10.5 Å². The number of ether oxygens (including phenoxy) is 2. The van der Waals surface area contributed by atoms with Gasteiger partial charge in [-0.05, 0) is 36.5 Å². The number of nitrogens with zero attached hydrogens (tertiary/aromatic N) is 2. The Labute approximate surface area is 154 Å². The standard InChI is InChI=1S/C21H27N3O2/c1-14-2-4-16(5-3-14)20-19(12-23-21(22)24-20)15-6-8-17(9-7-15)26-18-10-11-25-13-18/h6-9,12,14,16,18H,2-5,10-11,13H2,1H3,(H2,22,23,24). The summed E-state index contributed by atoms with van der Waals surface area (Å²) in [6, 6.07) is 8.23. The molecule has 1 unspecified atom stereocenters. The Morgan fingerprint density at radius 2 is 1.85 bits per heavy atom. The van der Waals surface area contributed by atoms with Gasteiger partial charge in [0.1, 0.15) is 11.9 Å². The van der Waals surface area contributed by atoms with E-state index < -0.39 is 0 Å². The largest absolute Gasteiger partial charge is 0.488 e. The van der Waals surface area contributed by atoms with Crippen molar-refractivity contribution in [2.45, 2.75) is 51.0 Å². The SMILES string of the molecule is CC1CCC(c2nc(N)ncc2-c2ccc(OC3CCOC3)cc2)CC1. The number of anilines is 1. The van der Waals surface area contributed by atoms with Gasteiger partial charge in [0.05, 0.1) is 18.9 Å². The van der Waals surface area contributed by atoms with Crippen molar-refractivity contribution in [2.24, 2.45) is 5.92 Å². The second-order valence-electron chi connectivity index (χ2n) is 7.61. The topological polar surface area (TPSA) is 70.3 Å². The third kappa shape index (κ3) is 3.83. The molecule has 1 saturated heterocycles. The van der Waals surface area contributed by atoms with Crippen LogP contribution in [0.4, 0.5) is 5.95 Å². The van der Waals surface area contributed by atoms with Crippen LogP contribution >= 0.6 is 0 Å². The lowest BCUT2D eigenvalue weighted by Gasteiger charge is -2.27. The molecule has 2 fully saturated rings. The van der Waals surface area contributed by atoms with E-state index in [2.05, 4.69) is 29.0 Å². The van der Waals surface area contributed by atoms with Gasteiger partial charge < -0.3 is 15.2 Å². The molecule has 138 valence electrons. The monoisotopic (exact) mass is 353 g/mol. The summed E-state index contributed by atoms with van der Waals surface area (Å²) in [7, 11) is 0. The Kier molecular flexibility index (Phi) is 5.07. The van der Waals surface area contributed by atoms with Crippen molar-refractivity contribution < 1.29 is 9.47 Å². The lowest BCUT2D eigenvalue weighted by molar-refractivity contribution is 0.141. The number of aromatic nitrogens is 2. The molecule has 0 spiro atoms. The van der Waals surface area contributed by atoms with Crippen LogP contribution in [-0.4, -0.2) is 29.3 Å². The lowest BCUT2D eigenvalue weighted by atomic mass is 9.80. The molecule has 2 heterocycles. The highest BCUT2D eigenvalue weighted by Crippen LogP contribution is 2.39. The summed E-state index contributed by atoms with van der Waals surface area (Å²) in [6.07, 6.45) is 7.85. The molecule has 2 aromatic rings. The molecule has 5 nitrogen and oxygen atoms in total. The van der Waals surface area contributed by atoms with E-state index in [1.54, 1.807) is 0 Å². The van der Waals surface area contributed by atoms with Gasteiger partial charge in [-0.2, -0.15) is 0 Å². The molecule has 1 saturated carbocycles. The van der Waals surface area contributed by atoms with E-state index in [4.69, 9.17) is 15.2 Å². The van der Waals surface area contributed by atoms with E-state index in [1.807, 2.05) is 18.3 Å². The van der Waals surface area contributed by atoms with Gasteiger partial charge in [-0.25, -0.2) is 9.97 Å². The molecule has 26 heavy (non-hydrogen) atoms. The zero-order valence-electron chi connectivity index (χ0n) is 15.4. The average molecular weight is 353 g/mol. The van der Waals surface area contributed by atoms with Gasteiger partial charge in [0.25, 0.3) is 0 Å². The Hall–Kier alpha value is -2.14. The van der Waals surface area contributed by atoms with E-state index >= 15 is 0 Å². The number of hydrogen-bond acceptors (Lipinski definition) is 5. The van der Waals surface area contributed by atoms with Crippen LogP contribution in [0.25, 0.3) is 11.1 Å². The quantitative estimate of drug-likeness (QED) is 0.892. The molecule has 0 radical (unpaired) electrons. The molecule has 1 aromatic heterocycles. The summed E-state index contributed by atoms with van der Waals surface area (Å²) >= 11 is 0. The Bertz CT molecular complexity index is 733. The van der Waals surface area contributed by atoms with Gasteiger partial charge >= 0.3 is 0 Å². The van der Waals surface area contributed by atoms with Gasteiger partial charge in [0.15, 0.2) is 0 Å². The summed E-state index contributed by atoms with van der Waals surface area (Å²) in [5.41, 5.74) is 9.21. The molecule has 2 N–H and O–H groups in total. The molecule has 0 bridgehead atoms. The van der Waals surface area contributed by atoms with Gasteiger partial charge in [-0.15, -0.1) is 0 Å². The molecule has 5 heteroatoms. The van der Waals surface area contributed by atoms with Crippen molar-refractivity contribution in [1.82, 2.24) is 9.97 Å². The number of nitrogen functional groups attached to an aromatic ring is 1. The fourth-order valence-corrected chi connectivity index (χ4v) is 3.99. The molecule has 1 aliphatic heterocycles. The highest BCUT2D eigenvalue weighted by Gasteiger charge is 2.24. The summed E-state index contributed by atoms with van der Waals surface area (Å²) in [4.78, 5) is 8.87. The van der Waals surface area contributed by atoms with Gasteiger partial charge in [0, 0.05) is 24.1 Å². The first kappa shape index (κ1) is 17.3. The minimum absolute atomic E-state index is 0.167. The first-order valence-corrected chi connectivity index (χ1v) is 9.66. The molecule has 1 atom stereocenters. The summed E-state index contributed by atoms with van der Waals surface area (Å²) in [5, 5.41) is 0. The fourth-order valence-electron chi connectivity index (χ4n) is 3.99. The van der Waals surface area contributed by atoms with Crippen LogP contribution in [0.2, 0.25) is 0 Å².